The highest BCUT2D eigenvalue weighted by molar-refractivity contribution is 5.12. The van der Waals surface area contributed by atoms with Gasteiger partial charge in [-0.3, -0.25) is 4.79 Å². The number of rotatable bonds is 4. The average molecular weight is 262 g/mol. The summed E-state index contributed by atoms with van der Waals surface area (Å²) in [5, 5.41) is 3.68. The molecule has 19 heavy (non-hydrogen) atoms. The third-order valence-electron chi connectivity index (χ3n) is 4.18. The minimum Gasteiger partial charge on any atom is -0.348 e. The van der Waals surface area contributed by atoms with E-state index in [1.165, 1.54) is 38.5 Å². The molecule has 3 heteroatoms. The van der Waals surface area contributed by atoms with Gasteiger partial charge in [-0.2, -0.15) is 0 Å². The van der Waals surface area contributed by atoms with E-state index in [9.17, 15) is 4.79 Å². The maximum Gasteiger partial charge on any atom is 0.182 e. The topological polar surface area (TPSA) is 34.0 Å². The predicted octanol–water partition coefficient (Wildman–Crippen LogP) is 2.78. The van der Waals surface area contributed by atoms with Crippen LogP contribution in [0.15, 0.2) is 16.9 Å². The molecule has 0 aromatic carbocycles. The van der Waals surface area contributed by atoms with Crippen molar-refractivity contribution in [2.75, 3.05) is 6.54 Å². The summed E-state index contributed by atoms with van der Waals surface area (Å²) in [5.41, 5.74) is 2.24. The number of nitrogens with zero attached hydrogens (tertiary/aromatic N) is 1. The molecule has 1 aromatic rings. The fourth-order valence-electron chi connectivity index (χ4n) is 3.10. The molecule has 3 nitrogen and oxygen atoms in total. The van der Waals surface area contributed by atoms with Gasteiger partial charge in [0.25, 0.3) is 0 Å². The molecule has 1 fully saturated rings. The molecule has 1 saturated carbocycles. The Bertz CT molecular complexity index is 430. The summed E-state index contributed by atoms with van der Waals surface area (Å²) >= 11 is 0. The van der Waals surface area contributed by atoms with Crippen LogP contribution in [-0.4, -0.2) is 17.2 Å². The molecule has 1 N–H and O–H groups in total. The van der Waals surface area contributed by atoms with E-state index < -0.39 is 0 Å². The van der Waals surface area contributed by atoms with Crippen molar-refractivity contribution in [3.05, 3.63) is 33.7 Å². The summed E-state index contributed by atoms with van der Waals surface area (Å²) < 4.78 is 2.23. The van der Waals surface area contributed by atoms with Crippen molar-refractivity contribution in [2.45, 2.75) is 65.0 Å². The van der Waals surface area contributed by atoms with Crippen molar-refractivity contribution in [1.29, 1.82) is 0 Å². The van der Waals surface area contributed by atoms with Crippen LogP contribution in [-0.2, 0) is 6.54 Å². The van der Waals surface area contributed by atoms with E-state index in [0.29, 0.717) is 6.04 Å². The Morgan fingerprint density at radius 1 is 1.11 bits per heavy atom. The summed E-state index contributed by atoms with van der Waals surface area (Å²) in [6, 6.07) is 4.14. The first-order valence-electron chi connectivity index (χ1n) is 7.58. The smallest absolute Gasteiger partial charge is 0.182 e. The predicted molar refractivity (Wildman–Crippen MR) is 79.7 cm³/mol. The molecule has 1 aromatic heterocycles. The molecule has 0 amide bonds. The van der Waals surface area contributed by atoms with Gasteiger partial charge in [0, 0.05) is 42.7 Å². The summed E-state index contributed by atoms with van der Waals surface area (Å²) in [5.74, 6) is 0. The molecule has 1 aliphatic carbocycles. The van der Waals surface area contributed by atoms with Crippen molar-refractivity contribution in [3.63, 3.8) is 0 Å². The molecule has 0 saturated heterocycles. The zero-order valence-corrected chi connectivity index (χ0v) is 12.2. The van der Waals surface area contributed by atoms with Crippen molar-refractivity contribution in [3.8, 4) is 0 Å². The second-order valence-corrected chi connectivity index (χ2v) is 5.77. The van der Waals surface area contributed by atoms with Crippen molar-refractivity contribution in [1.82, 2.24) is 9.88 Å². The Labute approximate surface area is 116 Å². The third-order valence-corrected chi connectivity index (χ3v) is 4.18. The number of hydrogen-bond donors (Lipinski definition) is 1. The molecule has 0 aliphatic heterocycles. The standard InChI is InChI=1S/C16H26N2O/c1-13-11-16(19)12-14(2)18(13)10-9-17-15-7-5-3-4-6-8-15/h11-12,15,17H,3-10H2,1-2H3. The van der Waals surface area contributed by atoms with E-state index >= 15 is 0 Å². The van der Waals surface area contributed by atoms with Gasteiger partial charge in [0.05, 0.1) is 0 Å². The molecular weight excluding hydrogens is 236 g/mol. The first-order valence-corrected chi connectivity index (χ1v) is 7.58. The Balaban J connectivity index is 1.87. The van der Waals surface area contributed by atoms with Crippen LogP contribution < -0.4 is 10.7 Å². The van der Waals surface area contributed by atoms with Gasteiger partial charge in [-0.1, -0.05) is 25.7 Å². The number of aryl methyl sites for hydroxylation is 2. The zero-order valence-electron chi connectivity index (χ0n) is 12.2. The molecule has 106 valence electrons. The Hall–Kier alpha value is -1.09. The van der Waals surface area contributed by atoms with Crippen LogP contribution in [0.4, 0.5) is 0 Å². The van der Waals surface area contributed by atoms with E-state index in [2.05, 4.69) is 9.88 Å². The molecule has 0 bridgehead atoms. The maximum absolute atomic E-state index is 11.4. The Kier molecular flexibility index (Phi) is 5.20. The van der Waals surface area contributed by atoms with Crippen LogP contribution in [0, 0.1) is 13.8 Å². The van der Waals surface area contributed by atoms with Gasteiger partial charge in [0.2, 0.25) is 0 Å². The number of pyridine rings is 1. The maximum atomic E-state index is 11.4. The van der Waals surface area contributed by atoms with Gasteiger partial charge < -0.3 is 9.88 Å². The molecule has 0 unspecified atom stereocenters. The van der Waals surface area contributed by atoms with Gasteiger partial charge in [0.1, 0.15) is 0 Å². The van der Waals surface area contributed by atoms with E-state index in [4.69, 9.17) is 0 Å². The van der Waals surface area contributed by atoms with Crippen LogP contribution in [0.3, 0.4) is 0 Å². The highest BCUT2D eigenvalue weighted by atomic mass is 16.1. The quantitative estimate of drug-likeness (QED) is 0.847. The fourth-order valence-corrected chi connectivity index (χ4v) is 3.10. The number of nitrogens with one attached hydrogen (secondary N) is 1. The van der Waals surface area contributed by atoms with Crippen LogP contribution >= 0.6 is 0 Å². The molecule has 0 spiro atoms. The number of hydrogen-bond acceptors (Lipinski definition) is 2. The lowest BCUT2D eigenvalue weighted by Crippen LogP contribution is -2.32. The number of aromatic nitrogens is 1. The Morgan fingerprint density at radius 3 is 2.26 bits per heavy atom. The van der Waals surface area contributed by atoms with Gasteiger partial charge in [-0.25, -0.2) is 0 Å². The first kappa shape index (κ1) is 14.3. The minimum atomic E-state index is 0.114. The second kappa shape index (κ2) is 6.90. The highest BCUT2D eigenvalue weighted by Crippen LogP contribution is 2.17. The molecule has 1 heterocycles. The lowest BCUT2D eigenvalue weighted by molar-refractivity contribution is 0.441. The van der Waals surface area contributed by atoms with Crippen LogP contribution in [0.2, 0.25) is 0 Å². The minimum absolute atomic E-state index is 0.114. The highest BCUT2D eigenvalue weighted by Gasteiger charge is 2.11. The lowest BCUT2D eigenvalue weighted by atomic mass is 10.1. The van der Waals surface area contributed by atoms with Gasteiger partial charge in [-0.05, 0) is 26.7 Å². The van der Waals surface area contributed by atoms with E-state index in [1.54, 1.807) is 12.1 Å². The Morgan fingerprint density at radius 2 is 1.68 bits per heavy atom. The zero-order chi connectivity index (χ0) is 13.7. The molecule has 0 atom stereocenters. The summed E-state index contributed by atoms with van der Waals surface area (Å²) in [4.78, 5) is 11.4. The van der Waals surface area contributed by atoms with Crippen molar-refractivity contribution in [2.24, 2.45) is 0 Å². The van der Waals surface area contributed by atoms with E-state index in [-0.39, 0.29) is 5.43 Å². The molecule has 2 rings (SSSR count). The van der Waals surface area contributed by atoms with Crippen molar-refractivity contribution >= 4 is 0 Å². The van der Waals surface area contributed by atoms with Gasteiger partial charge in [-0.15, -0.1) is 0 Å². The summed E-state index contributed by atoms with van der Waals surface area (Å²) in [6.45, 7) is 5.98. The molecular formula is C16H26N2O. The van der Waals surface area contributed by atoms with E-state index in [1.807, 2.05) is 13.8 Å². The lowest BCUT2D eigenvalue weighted by Gasteiger charge is -2.19. The average Bonchev–Trinajstić information content (AvgIpc) is 2.61. The van der Waals surface area contributed by atoms with Crippen LogP contribution in [0.5, 0.6) is 0 Å². The largest absolute Gasteiger partial charge is 0.348 e. The van der Waals surface area contributed by atoms with Gasteiger partial charge in [0.15, 0.2) is 5.43 Å². The second-order valence-electron chi connectivity index (χ2n) is 5.77. The van der Waals surface area contributed by atoms with Gasteiger partial charge >= 0.3 is 0 Å². The first-order chi connectivity index (χ1) is 9.16. The fraction of sp³-hybridized carbons (Fsp3) is 0.688. The third kappa shape index (κ3) is 4.20. The molecule has 0 radical (unpaired) electrons. The monoisotopic (exact) mass is 262 g/mol. The summed E-state index contributed by atoms with van der Waals surface area (Å²) in [6.07, 6.45) is 8.18. The van der Waals surface area contributed by atoms with Crippen molar-refractivity contribution < 1.29 is 0 Å². The van der Waals surface area contributed by atoms with Crippen LogP contribution in [0.25, 0.3) is 0 Å². The van der Waals surface area contributed by atoms with E-state index in [0.717, 1.165) is 24.5 Å². The summed E-state index contributed by atoms with van der Waals surface area (Å²) in [7, 11) is 0. The normalized spacial score (nSPS) is 17.4. The molecule has 1 aliphatic rings. The SMILES string of the molecule is Cc1cc(=O)cc(C)n1CCNC1CCCCCC1. The van der Waals surface area contributed by atoms with Crippen LogP contribution in [0.1, 0.15) is 49.9 Å².